The van der Waals surface area contributed by atoms with Crippen LogP contribution in [0.4, 0.5) is 18.9 Å². The van der Waals surface area contributed by atoms with Crippen molar-refractivity contribution < 1.29 is 81.6 Å². The largest absolute Gasteiger partial charge is 0.506 e. The number of allylic oxidation sites excluding steroid dienone is 1. The Hall–Kier alpha value is -5.41. The third-order valence-electron chi connectivity index (χ3n) is 10.3. The molecule has 0 aliphatic rings. The predicted octanol–water partition coefficient (Wildman–Crippen LogP) is 10.4. The second kappa shape index (κ2) is 22.2. The third kappa shape index (κ3) is 11.2. The van der Waals surface area contributed by atoms with Crippen LogP contribution in [0.5, 0.6) is 5.75 Å². The summed E-state index contributed by atoms with van der Waals surface area (Å²) < 4.78 is 67.0. The average molecular weight is 1050 g/mol. The van der Waals surface area contributed by atoms with E-state index in [1.165, 1.54) is 18.2 Å². The van der Waals surface area contributed by atoms with Crippen LogP contribution in [-0.4, -0.2) is 35.7 Å². The van der Waals surface area contributed by atoms with Crippen LogP contribution in [0.25, 0.3) is 16.6 Å². The molecule has 1 heterocycles. The molecule has 0 bridgehead atoms. The molecular weight excluding hydrogens is 1000 g/mol. The zero-order chi connectivity index (χ0) is 46.1. The maximum Gasteiger partial charge on any atom is 0.455 e. The number of nitrogens with zero attached hydrogens (tertiary/aromatic N) is 2. The van der Waals surface area contributed by atoms with Crippen LogP contribution in [0.15, 0.2) is 217 Å². The summed E-state index contributed by atoms with van der Waals surface area (Å²) in [6, 6.07) is 60.7. The number of aromatic nitrogens is 1. The first kappa shape index (κ1) is 50.6. The number of fused-ring (bicyclic) bond motifs is 1. The van der Waals surface area contributed by atoms with E-state index in [9.17, 15) is 37.0 Å². The number of anilines is 1. The topological polar surface area (TPSA) is 96.7 Å². The van der Waals surface area contributed by atoms with E-state index in [4.69, 9.17) is 0 Å². The first-order valence-electron chi connectivity index (χ1n) is 20.0. The molecule has 0 amide bonds. The summed E-state index contributed by atoms with van der Waals surface area (Å²) in [6.45, 7) is 5.75. The number of ketones is 1. The van der Waals surface area contributed by atoms with E-state index in [-0.39, 0.29) is 66.0 Å². The van der Waals surface area contributed by atoms with Crippen molar-refractivity contribution in [3.05, 3.63) is 228 Å². The molecule has 0 unspecified atom stereocenters. The second-order valence-corrected chi connectivity index (χ2v) is 20.5. The van der Waals surface area contributed by atoms with Gasteiger partial charge in [-0.15, -0.1) is 0 Å². The first-order valence-corrected chi connectivity index (χ1v) is 23.4. The van der Waals surface area contributed by atoms with E-state index in [2.05, 4.69) is 6.58 Å². The van der Waals surface area contributed by atoms with Gasteiger partial charge in [-0.2, -0.15) is 13.2 Å². The van der Waals surface area contributed by atoms with E-state index in [1.54, 1.807) is 49.3 Å². The summed E-state index contributed by atoms with van der Waals surface area (Å²) in [4.78, 5) is 26.4. The number of rotatable bonds is 9. The van der Waals surface area contributed by atoms with Gasteiger partial charge in [0.2, 0.25) is 0 Å². The van der Waals surface area contributed by atoms with Crippen LogP contribution in [0.1, 0.15) is 17.3 Å². The monoisotopic (exact) mass is 1050 g/mol. The number of hydrogen-bond acceptors (Lipinski definition) is 6. The van der Waals surface area contributed by atoms with Crippen molar-refractivity contribution in [2.75, 3.05) is 19.0 Å². The average Bonchev–Trinajstić information content (AvgIpc) is 3.32. The fraction of sp³-hybridized carbons (Fsp3) is 0.0769. The summed E-state index contributed by atoms with van der Waals surface area (Å²) in [6.07, 6.45) is -5.29. The summed E-state index contributed by atoms with van der Waals surface area (Å²) in [5.41, 5.74) is -1.39. The third-order valence-corrected chi connectivity index (χ3v) is 16.5. The fourth-order valence-electron chi connectivity index (χ4n) is 7.05. The Kier molecular flexibility index (Phi) is 17.3. The van der Waals surface area contributed by atoms with Crippen LogP contribution in [0.3, 0.4) is 0 Å². The number of Topliss-reactive ketones (excluding diaryl/α,β-unsaturated/α-hetero) is 1. The van der Waals surface area contributed by atoms with E-state index in [0.29, 0.717) is 5.69 Å². The summed E-state index contributed by atoms with van der Waals surface area (Å²) in [5, 5.41) is 15.3. The Morgan fingerprint density at radius 1 is 0.600 bits per heavy atom. The van der Waals surface area contributed by atoms with Crippen molar-refractivity contribution >= 4 is 63.2 Å². The van der Waals surface area contributed by atoms with Crippen LogP contribution in [0, 0.1) is 49.4 Å². The van der Waals surface area contributed by atoms with Crippen molar-refractivity contribution in [1.29, 1.82) is 0 Å². The van der Waals surface area contributed by atoms with Crippen LogP contribution in [0.2, 0.25) is 0 Å². The molecule has 8 rings (SSSR count). The Bertz CT molecular complexity index is 2880. The number of hydrogen-bond donors (Lipinski definition) is 1. The van der Waals surface area contributed by atoms with Crippen molar-refractivity contribution in [3.63, 3.8) is 0 Å². The predicted molar refractivity (Wildman–Crippen MR) is 256 cm³/mol. The number of para-hydroxylation sites is 1. The van der Waals surface area contributed by atoms with E-state index >= 15 is 0 Å². The Labute approximate surface area is 417 Å². The number of aromatic hydroxyl groups is 1. The molecule has 0 saturated carbocycles. The van der Waals surface area contributed by atoms with Crippen LogP contribution in [-0.2, 0) is 9.13 Å². The van der Waals surface area contributed by atoms with Gasteiger partial charge in [0.25, 0.3) is 11.3 Å². The second-order valence-electron chi connectivity index (χ2n) is 14.8. The molecule has 1 N–H and O–H groups in total. The molecule has 7 nitrogen and oxygen atoms in total. The molecule has 13 heteroatoms. The van der Waals surface area contributed by atoms with E-state index in [0.717, 1.165) is 36.4 Å². The summed E-state index contributed by atoms with van der Waals surface area (Å²) >= 11 is 0. The van der Waals surface area contributed by atoms with E-state index < -0.39 is 43.1 Å². The SMILES string of the molecule is C=C(C)P(=O)(c1ccccc1)c1ccccc1.CN(C)c1ccc2c(O)c(C(=O)C(F)(F)F)c(=O)n(-c3ccccc3)c2c1.O=P(c1ccccc1)(c1ccccc1)c1ccccc1.[Eu]. The Morgan fingerprint density at radius 2 is 0.954 bits per heavy atom. The molecule has 0 aliphatic carbocycles. The minimum atomic E-state index is -5.29. The maximum absolute atomic E-state index is 13.8. The summed E-state index contributed by atoms with van der Waals surface area (Å²) in [7, 11) is -1.95. The van der Waals surface area contributed by atoms with Gasteiger partial charge in [-0.25, -0.2) is 0 Å². The molecule has 8 aromatic rings. The molecule has 0 fully saturated rings. The minimum Gasteiger partial charge on any atom is -0.506 e. The molecule has 1 aromatic heterocycles. The standard InChI is InChI=1S/C19H15F3N2O3.C18H15OP.C15H15OP.Eu/c1-23(2)12-8-9-13-14(10-12)24(11-6-4-3-5-7-11)18(27)15(16(13)25)17(26)19(20,21)22;19-20(16-10-4-1-5-11-16,17-12-6-2-7-13-17)18-14-8-3-9-15-18;1-13(2)17(16,14-9-5-3-6-10-14)15-11-7-4-8-12-15;/h3-10,25H,1-2H3;1-15H;3-12H,1H2,2H3;. The van der Waals surface area contributed by atoms with Gasteiger partial charge < -0.3 is 19.1 Å². The van der Waals surface area contributed by atoms with Gasteiger partial charge in [0.1, 0.15) is 11.3 Å². The van der Waals surface area contributed by atoms with Crippen molar-refractivity contribution in [2.45, 2.75) is 13.1 Å². The fourth-order valence-corrected chi connectivity index (χ4v) is 12.1. The zero-order valence-corrected chi connectivity index (χ0v) is 39.9. The molecular formula is C52H45EuF3N2O5P2. The zero-order valence-electron chi connectivity index (χ0n) is 35.6. The minimum absolute atomic E-state index is 0. The quantitative estimate of drug-likeness (QED) is 0.114. The van der Waals surface area contributed by atoms with E-state index in [1.807, 2.05) is 159 Å². The van der Waals surface area contributed by atoms with Gasteiger partial charge in [-0.05, 0) is 42.6 Å². The van der Waals surface area contributed by atoms with Crippen molar-refractivity contribution in [1.82, 2.24) is 4.57 Å². The van der Waals surface area contributed by atoms with Crippen molar-refractivity contribution in [2.24, 2.45) is 0 Å². The molecule has 0 spiro atoms. The van der Waals surface area contributed by atoms with Crippen molar-refractivity contribution in [3.8, 4) is 11.4 Å². The molecule has 331 valence electrons. The van der Waals surface area contributed by atoms with Gasteiger partial charge in [-0.1, -0.05) is 176 Å². The van der Waals surface area contributed by atoms with Crippen LogP contribution >= 0.6 is 14.3 Å². The first-order chi connectivity index (χ1) is 30.6. The molecule has 0 aliphatic heterocycles. The number of benzene rings is 7. The molecule has 1 radical (unpaired) electrons. The number of alkyl halides is 3. The van der Waals surface area contributed by atoms with Crippen LogP contribution < -0.4 is 37.0 Å². The normalized spacial score (nSPS) is 11.2. The smallest absolute Gasteiger partial charge is 0.455 e. The van der Waals surface area contributed by atoms with Gasteiger partial charge in [0.15, 0.2) is 14.3 Å². The van der Waals surface area contributed by atoms with Gasteiger partial charge in [-0.3, -0.25) is 14.2 Å². The van der Waals surface area contributed by atoms with Gasteiger partial charge in [0.05, 0.1) is 5.52 Å². The molecule has 0 saturated heterocycles. The number of carbonyl (C=O) groups is 1. The number of pyridine rings is 1. The Balaban J connectivity index is 0.000000187. The molecule has 7 aromatic carbocycles. The van der Waals surface area contributed by atoms with Gasteiger partial charge in [0, 0.05) is 107 Å². The molecule has 65 heavy (non-hydrogen) atoms. The number of carbonyl (C=O) groups excluding carboxylic acids is 1. The molecule has 0 atom stereocenters. The number of halogens is 3. The van der Waals surface area contributed by atoms with Gasteiger partial charge >= 0.3 is 6.18 Å². The maximum atomic E-state index is 13.8. The summed E-state index contributed by atoms with van der Waals surface area (Å²) in [5.74, 6) is -3.36. The Morgan fingerprint density at radius 3 is 1.29 bits per heavy atom.